The predicted octanol–water partition coefficient (Wildman–Crippen LogP) is 3.57. The highest BCUT2D eigenvalue weighted by molar-refractivity contribution is 7.89. The Morgan fingerprint density at radius 3 is 2.20 bits per heavy atom. The third-order valence-electron chi connectivity index (χ3n) is 4.85. The second-order valence-corrected chi connectivity index (χ2v) is 8.70. The van der Waals surface area contributed by atoms with Gasteiger partial charge >= 0.3 is 6.18 Å². The predicted molar refractivity (Wildman–Crippen MR) is 100 cm³/mol. The van der Waals surface area contributed by atoms with E-state index in [4.69, 9.17) is 0 Å². The van der Waals surface area contributed by atoms with E-state index in [-0.39, 0.29) is 42.3 Å². The highest BCUT2D eigenvalue weighted by atomic mass is 32.2. The van der Waals surface area contributed by atoms with E-state index in [1.54, 1.807) is 0 Å². The summed E-state index contributed by atoms with van der Waals surface area (Å²) in [5.41, 5.74) is -1.67. The second-order valence-electron chi connectivity index (χ2n) is 6.76. The van der Waals surface area contributed by atoms with E-state index in [2.05, 4.69) is 0 Å². The Balaban J connectivity index is 1.81. The first kappa shape index (κ1) is 22.0. The first-order chi connectivity index (χ1) is 13.9. The van der Waals surface area contributed by atoms with E-state index >= 15 is 0 Å². The molecule has 2 aromatic rings. The Morgan fingerprint density at radius 2 is 1.67 bits per heavy atom. The van der Waals surface area contributed by atoms with Gasteiger partial charge in [0.25, 0.3) is 5.69 Å². The smallest absolute Gasteiger partial charge is 0.363 e. The minimum absolute atomic E-state index is 0.0114. The molecule has 0 spiro atoms. The molecule has 0 unspecified atom stereocenters. The maximum absolute atomic E-state index is 13.4. The molecule has 7 nitrogen and oxygen atoms in total. The average Bonchev–Trinajstić information content (AvgIpc) is 2.69. The molecule has 1 saturated heterocycles. The van der Waals surface area contributed by atoms with E-state index in [1.165, 1.54) is 17.9 Å². The van der Waals surface area contributed by atoms with Crippen LogP contribution in [0, 0.1) is 22.9 Å². The summed E-state index contributed by atoms with van der Waals surface area (Å²) >= 11 is 0. The zero-order valence-corrected chi connectivity index (χ0v) is 16.5. The summed E-state index contributed by atoms with van der Waals surface area (Å²) in [7, 11) is -3.90. The summed E-state index contributed by atoms with van der Waals surface area (Å²) in [4.78, 5) is 11.8. The van der Waals surface area contributed by atoms with Crippen molar-refractivity contribution in [3.63, 3.8) is 0 Å². The molecular weight excluding hydrogens is 430 g/mol. The maximum atomic E-state index is 13.4. The summed E-state index contributed by atoms with van der Waals surface area (Å²) in [6.45, 7) is 1.47. The molecule has 162 valence electrons. The molecule has 0 atom stereocenters. The van der Waals surface area contributed by atoms with Crippen LogP contribution < -0.4 is 4.90 Å². The van der Waals surface area contributed by atoms with Crippen molar-refractivity contribution < 1.29 is 30.9 Å². The second kappa shape index (κ2) is 7.84. The Bertz CT molecular complexity index is 1080. The highest BCUT2D eigenvalue weighted by Crippen LogP contribution is 2.37. The van der Waals surface area contributed by atoms with Crippen LogP contribution >= 0.6 is 0 Å². The van der Waals surface area contributed by atoms with Crippen molar-refractivity contribution in [2.75, 3.05) is 31.1 Å². The molecule has 3 rings (SSSR count). The molecule has 0 radical (unpaired) electrons. The van der Waals surface area contributed by atoms with Crippen molar-refractivity contribution >= 4 is 21.4 Å². The number of nitro groups is 1. The standard InChI is InChI=1S/C18H17F4N3O4S/c1-12-10-14(3-4-15(12)19)30(28,29)24-8-6-23(7-9-24)16-5-2-13(18(20,21)22)11-17(16)25(26)27/h2-5,10-11H,6-9H2,1H3. The van der Waals surface area contributed by atoms with Crippen LogP contribution in [0.1, 0.15) is 11.1 Å². The van der Waals surface area contributed by atoms with Crippen LogP contribution in [0.15, 0.2) is 41.3 Å². The van der Waals surface area contributed by atoms with Crippen molar-refractivity contribution in [1.29, 1.82) is 0 Å². The Kier molecular flexibility index (Phi) is 5.74. The van der Waals surface area contributed by atoms with Gasteiger partial charge in [-0.2, -0.15) is 17.5 Å². The van der Waals surface area contributed by atoms with Crippen LogP contribution in [0.3, 0.4) is 0 Å². The van der Waals surface area contributed by atoms with Gasteiger partial charge in [0.15, 0.2) is 0 Å². The molecule has 12 heteroatoms. The summed E-state index contributed by atoms with van der Waals surface area (Å²) in [5, 5.41) is 11.3. The van der Waals surface area contributed by atoms with Crippen LogP contribution in [-0.4, -0.2) is 43.8 Å². The number of aryl methyl sites for hydroxylation is 1. The molecule has 1 aliphatic rings. The van der Waals surface area contributed by atoms with Gasteiger partial charge in [-0.25, -0.2) is 12.8 Å². The number of anilines is 1. The fraction of sp³-hybridized carbons (Fsp3) is 0.333. The zero-order valence-electron chi connectivity index (χ0n) is 15.7. The van der Waals surface area contributed by atoms with Crippen LogP contribution in [0.25, 0.3) is 0 Å². The fourth-order valence-electron chi connectivity index (χ4n) is 3.21. The summed E-state index contributed by atoms with van der Waals surface area (Å²) in [5.74, 6) is -0.534. The number of hydrogen-bond donors (Lipinski definition) is 0. The molecule has 0 N–H and O–H groups in total. The lowest BCUT2D eigenvalue weighted by Gasteiger charge is -2.35. The van der Waals surface area contributed by atoms with E-state index in [0.29, 0.717) is 6.07 Å². The molecule has 2 aromatic carbocycles. The lowest BCUT2D eigenvalue weighted by atomic mass is 10.1. The third kappa shape index (κ3) is 4.24. The van der Waals surface area contributed by atoms with E-state index in [1.807, 2.05) is 0 Å². The normalized spacial score (nSPS) is 16.0. The van der Waals surface area contributed by atoms with E-state index < -0.39 is 38.2 Å². The topological polar surface area (TPSA) is 83.8 Å². The maximum Gasteiger partial charge on any atom is 0.416 e. The van der Waals surface area contributed by atoms with Gasteiger partial charge in [0, 0.05) is 32.2 Å². The van der Waals surface area contributed by atoms with Crippen LogP contribution in [0.5, 0.6) is 0 Å². The van der Waals surface area contributed by atoms with Gasteiger partial charge in [-0.05, 0) is 42.8 Å². The molecular formula is C18H17F4N3O4S. The van der Waals surface area contributed by atoms with Crippen LogP contribution in [-0.2, 0) is 16.2 Å². The van der Waals surface area contributed by atoms with Gasteiger partial charge in [0.1, 0.15) is 11.5 Å². The Hall–Kier alpha value is -2.73. The summed E-state index contributed by atoms with van der Waals surface area (Å²) in [6, 6.07) is 5.69. The molecule has 1 heterocycles. The number of rotatable bonds is 4. The third-order valence-corrected chi connectivity index (χ3v) is 6.74. The lowest BCUT2D eigenvalue weighted by molar-refractivity contribution is -0.384. The number of benzene rings is 2. The van der Waals surface area contributed by atoms with Crippen molar-refractivity contribution in [3.8, 4) is 0 Å². The molecule has 0 bridgehead atoms. The minimum Gasteiger partial charge on any atom is -0.363 e. The zero-order chi connectivity index (χ0) is 22.3. The summed E-state index contributed by atoms with van der Waals surface area (Å²) in [6.07, 6.45) is -4.72. The van der Waals surface area contributed by atoms with Gasteiger partial charge in [-0.1, -0.05) is 0 Å². The van der Waals surface area contributed by atoms with Gasteiger partial charge in [-0.3, -0.25) is 10.1 Å². The average molecular weight is 447 g/mol. The molecule has 1 fully saturated rings. The molecule has 0 saturated carbocycles. The lowest BCUT2D eigenvalue weighted by Crippen LogP contribution is -2.48. The SMILES string of the molecule is Cc1cc(S(=O)(=O)N2CCN(c3ccc(C(F)(F)F)cc3[N+](=O)[O-])CC2)ccc1F. The van der Waals surface area contributed by atoms with Gasteiger partial charge in [-0.15, -0.1) is 0 Å². The number of sulfonamides is 1. The molecule has 1 aliphatic heterocycles. The van der Waals surface area contributed by atoms with Crippen molar-refractivity contribution in [2.45, 2.75) is 18.0 Å². The van der Waals surface area contributed by atoms with Gasteiger partial charge in [0.2, 0.25) is 10.0 Å². The fourth-order valence-corrected chi connectivity index (χ4v) is 4.72. The Labute approximate surface area is 169 Å². The summed E-state index contributed by atoms with van der Waals surface area (Å²) < 4.78 is 78.8. The number of piperazine rings is 1. The number of hydrogen-bond acceptors (Lipinski definition) is 5. The van der Waals surface area contributed by atoms with Gasteiger partial charge < -0.3 is 4.90 Å². The first-order valence-electron chi connectivity index (χ1n) is 8.78. The number of halogens is 4. The number of nitro benzene ring substituents is 1. The van der Waals surface area contributed by atoms with Crippen LogP contribution in [0.2, 0.25) is 0 Å². The molecule has 30 heavy (non-hydrogen) atoms. The Morgan fingerprint density at radius 1 is 1.03 bits per heavy atom. The van der Waals surface area contributed by atoms with Gasteiger partial charge in [0.05, 0.1) is 15.4 Å². The van der Waals surface area contributed by atoms with E-state index in [9.17, 15) is 36.1 Å². The van der Waals surface area contributed by atoms with Crippen molar-refractivity contribution in [3.05, 3.63) is 63.5 Å². The number of nitrogens with zero attached hydrogens (tertiary/aromatic N) is 3. The first-order valence-corrected chi connectivity index (χ1v) is 10.2. The van der Waals surface area contributed by atoms with Crippen LogP contribution in [0.4, 0.5) is 28.9 Å². The van der Waals surface area contributed by atoms with Crippen molar-refractivity contribution in [2.24, 2.45) is 0 Å². The highest BCUT2D eigenvalue weighted by Gasteiger charge is 2.35. The molecule has 0 aromatic heterocycles. The largest absolute Gasteiger partial charge is 0.416 e. The number of alkyl halides is 3. The minimum atomic E-state index is -4.72. The molecule has 0 aliphatic carbocycles. The van der Waals surface area contributed by atoms with Crippen molar-refractivity contribution in [1.82, 2.24) is 4.31 Å². The molecule has 0 amide bonds. The monoisotopic (exact) mass is 447 g/mol. The quantitative estimate of drug-likeness (QED) is 0.407. The van der Waals surface area contributed by atoms with E-state index in [0.717, 1.165) is 28.6 Å².